The van der Waals surface area contributed by atoms with Gasteiger partial charge in [-0.15, -0.1) is 0 Å². The van der Waals surface area contributed by atoms with Crippen LogP contribution < -0.4 is 4.18 Å². The van der Waals surface area contributed by atoms with Crippen molar-refractivity contribution in [3.63, 3.8) is 0 Å². The molecule has 1 rings (SSSR count). The molecule has 13 heteroatoms. The number of rotatable bonds is 3. The van der Waals surface area contributed by atoms with Gasteiger partial charge in [0, 0.05) is 0 Å². The molecule has 0 aliphatic heterocycles. The van der Waals surface area contributed by atoms with E-state index in [9.17, 15) is 47.9 Å². The lowest BCUT2D eigenvalue weighted by Gasteiger charge is -2.23. The minimum atomic E-state index is -6.09. The van der Waals surface area contributed by atoms with Gasteiger partial charge in [0.15, 0.2) is 5.92 Å². The summed E-state index contributed by atoms with van der Waals surface area (Å²) in [4.78, 5) is 0. The first-order valence-corrected chi connectivity index (χ1v) is 6.70. The van der Waals surface area contributed by atoms with Crippen LogP contribution in [0.15, 0.2) is 24.3 Å². The quantitative estimate of drug-likeness (QED) is 0.453. The van der Waals surface area contributed by atoms with Gasteiger partial charge in [0.2, 0.25) is 0 Å². The molecule has 0 amide bonds. The maximum Gasteiger partial charge on any atom is 0.534 e. The Morgan fingerprint density at radius 2 is 1.17 bits per heavy atom. The third-order valence-corrected chi connectivity index (χ3v) is 3.34. The van der Waals surface area contributed by atoms with Crippen molar-refractivity contribution in [1.82, 2.24) is 0 Å². The second-order valence-corrected chi connectivity index (χ2v) is 5.61. The van der Waals surface area contributed by atoms with Crippen molar-refractivity contribution < 1.29 is 52.1 Å². The van der Waals surface area contributed by atoms with Crippen molar-refractivity contribution in [2.45, 2.75) is 23.8 Å². The number of alkyl halides is 9. The third-order valence-electron chi connectivity index (χ3n) is 2.36. The largest absolute Gasteiger partial charge is 0.534 e. The molecule has 23 heavy (non-hydrogen) atoms. The third kappa shape index (κ3) is 4.65. The molecule has 0 unspecified atom stereocenters. The fraction of sp³-hybridized carbons (Fsp3) is 0.400. The highest BCUT2D eigenvalue weighted by molar-refractivity contribution is 7.87. The highest BCUT2D eigenvalue weighted by Crippen LogP contribution is 2.46. The van der Waals surface area contributed by atoms with Gasteiger partial charge in [-0.2, -0.15) is 47.9 Å². The van der Waals surface area contributed by atoms with Crippen molar-refractivity contribution in [2.75, 3.05) is 0 Å². The maximum absolute atomic E-state index is 12.4. The number of hydrogen-bond acceptors (Lipinski definition) is 3. The van der Waals surface area contributed by atoms with Gasteiger partial charge in [0.25, 0.3) is 0 Å². The van der Waals surface area contributed by atoms with Crippen LogP contribution in [0.2, 0.25) is 0 Å². The molecule has 0 bridgehead atoms. The van der Waals surface area contributed by atoms with Crippen molar-refractivity contribution in [3.05, 3.63) is 29.8 Å². The molecule has 3 nitrogen and oxygen atoms in total. The second-order valence-electron chi connectivity index (χ2n) is 4.07. The highest BCUT2D eigenvalue weighted by atomic mass is 32.2. The van der Waals surface area contributed by atoms with Crippen LogP contribution in [0.4, 0.5) is 39.5 Å². The summed E-state index contributed by atoms with van der Waals surface area (Å²) in [6.45, 7) is 0. The van der Waals surface area contributed by atoms with Crippen molar-refractivity contribution in [1.29, 1.82) is 0 Å². The molecule has 0 fully saturated rings. The predicted molar refractivity (Wildman–Crippen MR) is 56.9 cm³/mol. The molecule has 0 atom stereocenters. The minimum Gasteiger partial charge on any atom is -0.376 e. The van der Waals surface area contributed by atoms with Crippen LogP contribution in [-0.4, -0.2) is 26.3 Å². The minimum absolute atomic E-state index is 0.173. The SMILES string of the molecule is O=S(=O)(Oc1ccc(C(C(F)(F)F)C(F)(F)F)cc1)C(F)(F)F. The van der Waals surface area contributed by atoms with E-state index in [1.54, 1.807) is 0 Å². The Kier molecular flexibility index (Phi) is 4.86. The van der Waals surface area contributed by atoms with E-state index in [4.69, 9.17) is 0 Å². The molecule has 0 aliphatic carbocycles. The van der Waals surface area contributed by atoms with E-state index < -0.39 is 45.2 Å². The van der Waals surface area contributed by atoms with Gasteiger partial charge in [0.05, 0.1) is 0 Å². The molecule has 0 spiro atoms. The Labute approximate surface area is 122 Å². The number of hydrogen-bond donors (Lipinski definition) is 0. The van der Waals surface area contributed by atoms with Gasteiger partial charge in [-0.1, -0.05) is 12.1 Å². The Hall–Kier alpha value is -1.66. The van der Waals surface area contributed by atoms with Gasteiger partial charge in [0.1, 0.15) is 5.75 Å². The molecule has 0 heterocycles. The lowest BCUT2D eigenvalue weighted by Crippen LogP contribution is -2.34. The fourth-order valence-corrected chi connectivity index (χ4v) is 1.91. The first kappa shape index (κ1) is 19.4. The zero-order chi connectivity index (χ0) is 18.3. The molecular weight excluding hydrogens is 371 g/mol. The van der Waals surface area contributed by atoms with E-state index >= 15 is 0 Å². The molecule has 1 aromatic carbocycles. The van der Waals surface area contributed by atoms with Crippen LogP contribution in [0.3, 0.4) is 0 Å². The summed E-state index contributed by atoms with van der Waals surface area (Å²) in [5.74, 6) is -4.96. The van der Waals surface area contributed by atoms with E-state index in [1.807, 2.05) is 0 Å². The molecule has 132 valence electrons. The van der Waals surface area contributed by atoms with E-state index in [0.717, 1.165) is 0 Å². The molecular formula is C10H5F9O3S. The maximum atomic E-state index is 12.4. The van der Waals surface area contributed by atoms with Crippen molar-refractivity contribution in [2.24, 2.45) is 0 Å². The van der Waals surface area contributed by atoms with Crippen molar-refractivity contribution >= 4 is 10.1 Å². The van der Waals surface area contributed by atoms with Gasteiger partial charge in [-0.05, 0) is 17.7 Å². The standard InChI is InChI=1S/C10H5F9O3S/c11-8(12,13)7(9(14,15)16)5-1-3-6(4-2-5)22-23(20,21)10(17,18)19/h1-4,7H. The highest BCUT2D eigenvalue weighted by Gasteiger charge is 2.57. The van der Waals surface area contributed by atoms with Crippen LogP contribution in [0.25, 0.3) is 0 Å². The summed E-state index contributed by atoms with van der Waals surface area (Å²) < 4.78 is 136. The molecule has 0 aliphatic rings. The molecule has 0 saturated carbocycles. The van der Waals surface area contributed by atoms with E-state index in [-0.39, 0.29) is 24.3 Å². The van der Waals surface area contributed by atoms with Crippen LogP contribution >= 0.6 is 0 Å². The number of benzene rings is 1. The van der Waals surface area contributed by atoms with Crippen LogP contribution in [0.5, 0.6) is 5.75 Å². The lowest BCUT2D eigenvalue weighted by atomic mass is 9.98. The number of halogens is 9. The van der Waals surface area contributed by atoms with Crippen LogP contribution in [-0.2, 0) is 10.1 Å². The Morgan fingerprint density at radius 3 is 1.48 bits per heavy atom. The van der Waals surface area contributed by atoms with Gasteiger partial charge >= 0.3 is 28.0 Å². The van der Waals surface area contributed by atoms with Gasteiger partial charge in [-0.25, -0.2) is 0 Å². The first-order chi connectivity index (χ1) is 10.1. The van der Waals surface area contributed by atoms with Crippen molar-refractivity contribution in [3.8, 4) is 5.75 Å². The summed E-state index contributed by atoms with van der Waals surface area (Å²) in [5.41, 5.74) is -7.13. The Morgan fingerprint density at radius 1 is 0.783 bits per heavy atom. The van der Waals surface area contributed by atoms with Gasteiger partial charge in [-0.3, -0.25) is 0 Å². The summed E-state index contributed by atoms with van der Waals surface area (Å²) in [7, 11) is -6.09. The lowest BCUT2D eigenvalue weighted by molar-refractivity contribution is -0.253. The normalized spacial score (nSPS) is 14.2. The first-order valence-electron chi connectivity index (χ1n) is 5.30. The predicted octanol–water partition coefficient (Wildman–Crippen LogP) is 4.12. The average Bonchev–Trinajstić information content (AvgIpc) is 2.25. The van der Waals surface area contributed by atoms with Crippen LogP contribution in [0.1, 0.15) is 11.5 Å². The van der Waals surface area contributed by atoms with E-state index in [2.05, 4.69) is 4.18 Å². The Bertz CT molecular complexity index is 626. The summed E-state index contributed by atoms with van der Waals surface area (Å²) in [6, 6.07) is 0.853. The molecule has 1 aromatic rings. The smallest absolute Gasteiger partial charge is 0.376 e. The summed E-state index contributed by atoms with van der Waals surface area (Å²) in [5, 5.41) is 0. The van der Waals surface area contributed by atoms with E-state index in [0.29, 0.717) is 0 Å². The van der Waals surface area contributed by atoms with Gasteiger partial charge < -0.3 is 4.18 Å². The Balaban J connectivity index is 3.14. The zero-order valence-corrected chi connectivity index (χ0v) is 11.2. The molecule has 0 N–H and O–H groups in total. The molecule has 0 aromatic heterocycles. The fourth-order valence-electron chi connectivity index (χ4n) is 1.45. The monoisotopic (exact) mass is 376 g/mol. The average molecular weight is 376 g/mol. The molecule has 0 radical (unpaired) electrons. The van der Waals surface area contributed by atoms with E-state index in [1.165, 1.54) is 0 Å². The molecule has 0 saturated heterocycles. The topological polar surface area (TPSA) is 43.4 Å². The second kappa shape index (κ2) is 5.76. The zero-order valence-electron chi connectivity index (χ0n) is 10.4. The summed E-state index contributed by atoms with van der Waals surface area (Å²) >= 11 is 0. The van der Waals surface area contributed by atoms with Crippen LogP contribution in [0, 0.1) is 0 Å². The summed E-state index contributed by atoms with van der Waals surface area (Å²) in [6.07, 6.45) is -11.4.